The summed E-state index contributed by atoms with van der Waals surface area (Å²) < 4.78 is 1.75. The summed E-state index contributed by atoms with van der Waals surface area (Å²) in [6, 6.07) is 0.193. The summed E-state index contributed by atoms with van der Waals surface area (Å²) in [5.41, 5.74) is 1.10. The molecule has 0 aliphatic rings. The van der Waals surface area contributed by atoms with Crippen LogP contribution in [0, 0.1) is 0 Å². The number of aryl methyl sites for hydroxylation is 1. The molecule has 0 fully saturated rings. The fourth-order valence-corrected chi connectivity index (χ4v) is 1.38. The van der Waals surface area contributed by atoms with E-state index in [4.69, 9.17) is 5.11 Å². The maximum atomic E-state index is 10.4. The van der Waals surface area contributed by atoms with Crippen LogP contribution in [0.25, 0.3) is 0 Å². The Hall–Kier alpha value is -1.36. The van der Waals surface area contributed by atoms with Gasteiger partial charge in [-0.2, -0.15) is 5.10 Å². The van der Waals surface area contributed by atoms with Crippen LogP contribution in [-0.2, 0) is 11.8 Å². The zero-order valence-corrected chi connectivity index (χ0v) is 9.34. The minimum atomic E-state index is -0.764. The van der Waals surface area contributed by atoms with E-state index in [1.54, 1.807) is 4.68 Å². The second-order valence-electron chi connectivity index (χ2n) is 3.75. The Morgan fingerprint density at radius 3 is 2.87 bits per heavy atom. The molecule has 0 spiro atoms. The summed E-state index contributed by atoms with van der Waals surface area (Å²) in [6.07, 6.45) is 3.92. The lowest BCUT2D eigenvalue weighted by molar-refractivity contribution is -0.137. The molecule has 0 amide bonds. The van der Waals surface area contributed by atoms with E-state index in [2.05, 4.69) is 5.10 Å². The van der Waals surface area contributed by atoms with Crippen LogP contribution in [0.3, 0.4) is 0 Å². The molecule has 0 aliphatic heterocycles. The van der Waals surface area contributed by atoms with Crippen molar-refractivity contribution in [3.05, 3.63) is 18.0 Å². The third-order valence-corrected chi connectivity index (χ3v) is 2.55. The van der Waals surface area contributed by atoms with E-state index in [1.807, 2.05) is 38.3 Å². The Balaban J connectivity index is 2.52. The summed E-state index contributed by atoms with van der Waals surface area (Å²) in [5, 5.41) is 12.7. The molecule has 0 saturated carbocycles. The zero-order valence-electron chi connectivity index (χ0n) is 9.34. The van der Waals surface area contributed by atoms with E-state index in [1.165, 1.54) is 0 Å². The molecule has 0 bridgehead atoms. The molecule has 1 aromatic heterocycles. The van der Waals surface area contributed by atoms with Crippen molar-refractivity contribution in [1.29, 1.82) is 0 Å². The van der Waals surface area contributed by atoms with Crippen LogP contribution in [0.2, 0.25) is 0 Å². The molecule has 0 saturated heterocycles. The van der Waals surface area contributed by atoms with Crippen molar-refractivity contribution in [3.8, 4) is 0 Å². The number of rotatable bonds is 5. The van der Waals surface area contributed by atoms with E-state index >= 15 is 0 Å². The van der Waals surface area contributed by atoms with Gasteiger partial charge in [0.05, 0.1) is 12.6 Å². The van der Waals surface area contributed by atoms with E-state index in [0.717, 1.165) is 5.56 Å². The van der Waals surface area contributed by atoms with Crippen LogP contribution in [0.15, 0.2) is 12.4 Å². The van der Waals surface area contributed by atoms with Gasteiger partial charge in [0.15, 0.2) is 0 Å². The second kappa shape index (κ2) is 4.93. The lowest BCUT2D eigenvalue weighted by Crippen LogP contribution is -2.24. The SMILES string of the molecule is CC(c1cnn(C)c1)N(C)CCC(=O)O. The van der Waals surface area contributed by atoms with Gasteiger partial charge in [-0.15, -0.1) is 0 Å². The Morgan fingerprint density at radius 1 is 1.73 bits per heavy atom. The van der Waals surface area contributed by atoms with Gasteiger partial charge >= 0.3 is 5.97 Å². The summed E-state index contributed by atoms with van der Waals surface area (Å²) in [4.78, 5) is 12.4. The summed E-state index contributed by atoms with van der Waals surface area (Å²) in [7, 11) is 3.79. The molecule has 1 N–H and O–H groups in total. The molecule has 15 heavy (non-hydrogen) atoms. The monoisotopic (exact) mass is 211 g/mol. The largest absolute Gasteiger partial charge is 0.481 e. The van der Waals surface area contributed by atoms with Crippen LogP contribution < -0.4 is 0 Å². The smallest absolute Gasteiger partial charge is 0.304 e. The van der Waals surface area contributed by atoms with Crippen molar-refractivity contribution in [2.45, 2.75) is 19.4 Å². The maximum absolute atomic E-state index is 10.4. The predicted molar refractivity (Wildman–Crippen MR) is 56.5 cm³/mol. The first kappa shape index (κ1) is 11.7. The molecule has 5 heteroatoms. The molecule has 0 aliphatic carbocycles. The van der Waals surface area contributed by atoms with E-state index in [0.29, 0.717) is 6.54 Å². The van der Waals surface area contributed by atoms with Crippen molar-refractivity contribution in [1.82, 2.24) is 14.7 Å². The van der Waals surface area contributed by atoms with E-state index in [-0.39, 0.29) is 12.5 Å². The third-order valence-electron chi connectivity index (χ3n) is 2.55. The first-order chi connectivity index (χ1) is 7.00. The van der Waals surface area contributed by atoms with Crippen LogP contribution in [-0.4, -0.2) is 39.3 Å². The van der Waals surface area contributed by atoms with Crippen molar-refractivity contribution in [2.24, 2.45) is 7.05 Å². The molecule has 0 radical (unpaired) electrons. The van der Waals surface area contributed by atoms with Crippen molar-refractivity contribution < 1.29 is 9.90 Å². The molecule has 84 valence electrons. The number of carboxylic acids is 1. The fourth-order valence-electron chi connectivity index (χ4n) is 1.38. The zero-order chi connectivity index (χ0) is 11.4. The molecule has 1 rings (SSSR count). The highest BCUT2D eigenvalue weighted by atomic mass is 16.4. The van der Waals surface area contributed by atoms with Crippen molar-refractivity contribution in [3.63, 3.8) is 0 Å². The van der Waals surface area contributed by atoms with Gasteiger partial charge in [-0.1, -0.05) is 0 Å². The maximum Gasteiger partial charge on any atom is 0.304 e. The van der Waals surface area contributed by atoms with Crippen molar-refractivity contribution >= 4 is 5.97 Å². The van der Waals surface area contributed by atoms with Gasteiger partial charge < -0.3 is 5.11 Å². The van der Waals surface area contributed by atoms with Gasteiger partial charge in [0.25, 0.3) is 0 Å². The number of aliphatic carboxylic acids is 1. The Labute approximate surface area is 89.3 Å². The highest BCUT2D eigenvalue weighted by Crippen LogP contribution is 2.17. The molecular weight excluding hydrogens is 194 g/mol. The first-order valence-corrected chi connectivity index (χ1v) is 4.91. The number of aromatic nitrogens is 2. The minimum Gasteiger partial charge on any atom is -0.481 e. The Bertz CT molecular complexity index is 335. The molecule has 1 unspecified atom stereocenters. The fraction of sp³-hybridized carbons (Fsp3) is 0.600. The van der Waals surface area contributed by atoms with Gasteiger partial charge in [0.2, 0.25) is 0 Å². The third kappa shape index (κ3) is 3.36. The molecule has 1 atom stereocenters. The topological polar surface area (TPSA) is 58.4 Å². The lowest BCUT2D eigenvalue weighted by atomic mass is 10.1. The van der Waals surface area contributed by atoms with Crippen molar-refractivity contribution in [2.75, 3.05) is 13.6 Å². The van der Waals surface area contributed by atoms with Crippen LogP contribution in [0.1, 0.15) is 24.9 Å². The molecule has 1 heterocycles. The molecule has 0 aromatic carbocycles. The van der Waals surface area contributed by atoms with Gasteiger partial charge in [0, 0.05) is 31.4 Å². The molecular formula is C10H17N3O2. The van der Waals surface area contributed by atoms with Crippen LogP contribution >= 0.6 is 0 Å². The summed E-state index contributed by atoms with van der Waals surface area (Å²) in [6.45, 7) is 2.59. The molecule has 5 nitrogen and oxygen atoms in total. The number of nitrogens with zero attached hydrogens (tertiary/aromatic N) is 3. The standard InChI is InChI=1S/C10H17N3O2/c1-8(9-6-11-13(3)7-9)12(2)5-4-10(14)15/h6-8H,4-5H2,1-3H3,(H,14,15). The summed E-state index contributed by atoms with van der Waals surface area (Å²) >= 11 is 0. The first-order valence-electron chi connectivity index (χ1n) is 4.91. The normalized spacial score (nSPS) is 13.1. The predicted octanol–water partition coefficient (Wildman–Crippen LogP) is 0.888. The number of carboxylic acid groups (broad SMARTS) is 1. The number of carbonyl (C=O) groups is 1. The Morgan fingerprint density at radius 2 is 2.40 bits per heavy atom. The average molecular weight is 211 g/mol. The average Bonchev–Trinajstić information content (AvgIpc) is 2.60. The van der Waals surface area contributed by atoms with E-state index in [9.17, 15) is 4.79 Å². The molecule has 1 aromatic rings. The highest BCUT2D eigenvalue weighted by molar-refractivity contribution is 5.66. The van der Waals surface area contributed by atoms with Gasteiger partial charge in [-0.25, -0.2) is 0 Å². The van der Waals surface area contributed by atoms with E-state index < -0.39 is 5.97 Å². The quantitative estimate of drug-likeness (QED) is 0.785. The number of hydrogen-bond donors (Lipinski definition) is 1. The summed E-state index contributed by atoms with van der Waals surface area (Å²) in [5.74, 6) is -0.764. The van der Waals surface area contributed by atoms with Gasteiger partial charge in [-0.3, -0.25) is 14.4 Å². The highest BCUT2D eigenvalue weighted by Gasteiger charge is 2.13. The van der Waals surface area contributed by atoms with Gasteiger partial charge in [0.1, 0.15) is 0 Å². The minimum absolute atomic E-state index is 0.168. The number of hydrogen-bond acceptors (Lipinski definition) is 3. The lowest BCUT2D eigenvalue weighted by Gasteiger charge is -2.22. The van der Waals surface area contributed by atoms with Crippen LogP contribution in [0.5, 0.6) is 0 Å². The van der Waals surface area contributed by atoms with Gasteiger partial charge in [-0.05, 0) is 14.0 Å². The van der Waals surface area contributed by atoms with Crippen LogP contribution in [0.4, 0.5) is 0 Å². The second-order valence-corrected chi connectivity index (χ2v) is 3.75. The Kier molecular flexibility index (Phi) is 3.85.